The van der Waals surface area contributed by atoms with Crippen molar-refractivity contribution in [3.05, 3.63) is 11.6 Å². The highest BCUT2D eigenvalue weighted by Crippen LogP contribution is 2.76. The van der Waals surface area contributed by atoms with E-state index < -0.39 is 36.3 Å². The molecule has 358 valence electrons. The lowest BCUT2D eigenvalue weighted by Crippen LogP contribution is -2.67. The van der Waals surface area contributed by atoms with Crippen molar-refractivity contribution in [2.24, 2.45) is 45.3 Å². The molecule has 1 saturated heterocycles. The third kappa shape index (κ3) is 10.8. The topological polar surface area (TPSA) is 152 Å². The van der Waals surface area contributed by atoms with E-state index in [2.05, 4.69) is 68.4 Å². The van der Waals surface area contributed by atoms with Gasteiger partial charge in [0.1, 0.15) is 37.1 Å². The minimum Gasteiger partial charge on any atom is -0.463 e. The van der Waals surface area contributed by atoms with E-state index in [-0.39, 0.29) is 82.5 Å². The molecule has 5 fully saturated rings. The van der Waals surface area contributed by atoms with Gasteiger partial charge >= 0.3 is 11.9 Å². The molecule has 0 aromatic rings. The lowest BCUT2D eigenvalue weighted by Gasteiger charge is -2.71. The number of ether oxygens (including phenoxy) is 4. The lowest BCUT2D eigenvalue weighted by molar-refractivity contribution is -0.332. The van der Waals surface area contributed by atoms with Crippen molar-refractivity contribution >= 4 is 11.9 Å². The predicted octanol–water partition coefficient (Wildman–Crippen LogP) is 10.1. The predicted molar refractivity (Wildman–Crippen MR) is 243 cm³/mol. The zero-order valence-corrected chi connectivity index (χ0v) is 40.7. The first-order valence-corrected chi connectivity index (χ1v) is 25.2. The summed E-state index contributed by atoms with van der Waals surface area (Å²) >= 11 is 0. The Morgan fingerprint density at radius 3 is 2.00 bits per heavy atom. The van der Waals surface area contributed by atoms with E-state index in [1.54, 1.807) is 0 Å². The van der Waals surface area contributed by atoms with Crippen molar-refractivity contribution in [3.63, 3.8) is 0 Å². The van der Waals surface area contributed by atoms with Crippen LogP contribution in [0.15, 0.2) is 11.6 Å². The fourth-order valence-corrected chi connectivity index (χ4v) is 14.2. The molecule has 0 aromatic carbocycles. The van der Waals surface area contributed by atoms with Crippen LogP contribution in [0.5, 0.6) is 0 Å². The number of esters is 2. The van der Waals surface area contributed by atoms with Crippen LogP contribution >= 0.6 is 0 Å². The number of carbonyl (C=O) groups excluding carboxylic acids is 2. The van der Waals surface area contributed by atoms with Gasteiger partial charge in [0.05, 0.1) is 11.7 Å². The Labute approximate surface area is 376 Å². The van der Waals surface area contributed by atoms with Gasteiger partial charge in [-0.05, 0) is 131 Å². The van der Waals surface area contributed by atoms with Gasteiger partial charge in [-0.25, -0.2) is 0 Å². The Balaban J connectivity index is 1.34. The van der Waals surface area contributed by atoms with Gasteiger partial charge in [0.2, 0.25) is 0 Å². The fourth-order valence-electron chi connectivity index (χ4n) is 14.2. The van der Waals surface area contributed by atoms with Gasteiger partial charge in [0.15, 0.2) is 6.29 Å². The minimum absolute atomic E-state index is 0.0305. The van der Waals surface area contributed by atoms with E-state index in [1.807, 2.05) is 6.92 Å². The normalized spacial score (nSPS) is 39.7. The quantitative estimate of drug-likeness (QED) is 0.0380. The number of rotatable bonds is 21. The molecule has 4 saturated carbocycles. The molecule has 62 heavy (non-hydrogen) atoms. The van der Waals surface area contributed by atoms with E-state index in [9.17, 15) is 30.0 Å². The van der Waals surface area contributed by atoms with E-state index in [0.717, 1.165) is 103 Å². The molecule has 5 aliphatic rings. The van der Waals surface area contributed by atoms with Crippen LogP contribution in [0, 0.1) is 45.3 Å². The van der Waals surface area contributed by atoms with Gasteiger partial charge in [-0.2, -0.15) is 0 Å². The summed E-state index contributed by atoms with van der Waals surface area (Å²) in [6.07, 6.45) is 13.9. The smallest absolute Gasteiger partial charge is 0.306 e. The van der Waals surface area contributed by atoms with Crippen LogP contribution in [0.1, 0.15) is 204 Å². The van der Waals surface area contributed by atoms with Crippen molar-refractivity contribution < 1.29 is 49.0 Å². The second-order valence-electron chi connectivity index (χ2n) is 22.6. The van der Waals surface area contributed by atoms with Gasteiger partial charge in [-0.15, -0.1) is 0 Å². The average Bonchev–Trinajstić information content (AvgIpc) is 3.59. The van der Waals surface area contributed by atoms with Crippen LogP contribution in [0.4, 0.5) is 0 Å². The molecule has 10 nitrogen and oxygen atoms in total. The van der Waals surface area contributed by atoms with Gasteiger partial charge in [0, 0.05) is 18.8 Å². The average molecular weight is 875 g/mol. The molecule has 0 radical (unpaired) electrons. The van der Waals surface area contributed by atoms with Crippen molar-refractivity contribution in [1.29, 1.82) is 0 Å². The standard InChI is InChI=1S/C52H90O10/c1-11-13-15-17-19-23-41(53)59-33-37-44(55)45(56)46(57)47(61-37)62-40-27-29-49(7)38(48(40,5)6)26-31-50(8)39(49)32-36(60-42(54)24-20-18-16-14-12-2)43-35(25-30-51(43,50)9)52(10,58)28-21-22-34(3)4/h22,35-40,43-47,55-58H,11-21,23-33H2,1-10H3/t35-,36+,37+,38-,39+,40-,43-,44+,45-,46+,47-,49-,50+,51+,52-/m0/s1. The zero-order valence-electron chi connectivity index (χ0n) is 40.7. The first-order valence-electron chi connectivity index (χ1n) is 25.2. The van der Waals surface area contributed by atoms with Crippen LogP contribution < -0.4 is 0 Å². The highest BCUT2D eigenvalue weighted by Gasteiger charge is 2.72. The van der Waals surface area contributed by atoms with Crippen LogP contribution in [0.2, 0.25) is 0 Å². The Hall–Kier alpha value is -1.56. The molecular formula is C52H90O10. The summed E-state index contributed by atoms with van der Waals surface area (Å²) in [6.45, 7) is 22.3. The van der Waals surface area contributed by atoms with E-state index >= 15 is 0 Å². The number of allylic oxidation sites excluding steroid dienone is 2. The third-order valence-electron chi connectivity index (χ3n) is 17.9. The van der Waals surface area contributed by atoms with Crippen LogP contribution in [0.3, 0.4) is 0 Å². The summed E-state index contributed by atoms with van der Waals surface area (Å²) in [5.74, 6) is 0.140. The molecule has 5 rings (SSSR count). The molecule has 0 aromatic heterocycles. The molecule has 1 heterocycles. The fraction of sp³-hybridized carbons (Fsp3) is 0.923. The molecule has 4 N–H and O–H groups in total. The van der Waals surface area contributed by atoms with Crippen LogP contribution in [0.25, 0.3) is 0 Å². The first-order chi connectivity index (χ1) is 29.2. The number of aliphatic hydroxyl groups excluding tert-OH is 3. The summed E-state index contributed by atoms with van der Waals surface area (Å²) in [7, 11) is 0. The Morgan fingerprint density at radius 1 is 0.758 bits per heavy atom. The number of hydrogen-bond donors (Lipinski definition) is 4. The van der Waals surface area contributed by atoms with Gasteiger partial charge < -0.3 is 39.4 Å². The molecule has 0 unspecified atom stereocenters. The van der Waals surface area contributed by atoms with Crippen LogP contribution in [-0.4, -0.2) is 87.5 Å². The SMILES string of the molecule is CCCCCCCC(=O)OC[C@H]1O[C@@H](O[C@H]2CC[C@]3(C)[C@H]4C[C@@H](OC(=O)CCCCCCC)[C@@H]5[C@@H]([C@@](C)(O)CCC=C(C)C)CC[C@@]5(C)[C@]4(C)CC[C@H]3C2(C)C)[C@H](O)[C@@H](O)[C@@H]1O. The minimum atomic E-state index is -1.52. The molecule has 15 atom stereocenters. The molecular weight excluding hydrogens is 785 g/mol. The monoisotopic (exact) mass is 875 g/mol. The van der Waals surface area contributed by atoms with Gasteiger partial charge in [0.25, 0.3) is 0 Å². The molecule has 1 aliphatic heterocycles. The molecule has 0 spiro atoms. The summed E-state index contributed by atoms with van der Waals surface area (Å²) in [4.78, 5) is 26.4. The Bertz CT molecular complexity index is 1490. The highest BCUT2D eigenvalue weighted by atomic mass is 16.7. The highest BCUT2D eigenvalue weighted by molar-refractivity contribution is 5.69. The largest absolute Gasteiger partial charge is 0.463 e. The Morgan fingerprint density at radius 2 is 1.37 bits per heavy atom. The maximum absolute atomic E-state index is 13.8. The maximum Gasteiger partial charge on any atom is 0.306 e. The van der Waals surface area contributed by atoms with Crippen molar-refractivity contribution in [2.45, 2.75) is 253 Å². The summed E-state index contributed by atoms with van der Waals surface area (Å²) in [5.41, 5.74) is -0.257. The lowest BCUT2D eigenvalue weighted by atomic mass is 9.35. The molecule has 0 bridgehead atoms. The molecule has 10 heteroatoms. The number of hydrogen-bond acceptors (Lipinski definition) is 10. The summed E-state index contributed by atoms with van der Waals surface area (Å²) in [6, 6.07) is 0. The summed E-state index contributed by atoms with van der Waals surface area (Å²) in [5, 5.41) is 45.3. The van der Waals surface area contributed by atoms with Crippen LogP contribution in [-0.2, 0) is 28.5 Å². The molecule has 0 amide bonds. The second-order valence-corrected chi connectivity index (χ2v) is 22.6. The number of aliphatic hydroxyl groups is 4. The van der Waals surface area contributed by atoms with E-state index in [1.165, 1.54) is 12.0 Å². The number of unbranched alkanes of at least 4 members (excludes halogenated alkanes) is 8. The van der Waals surface area contributed by atoms with Gasteiger partial charge in [-0.1, -0.05) is 111 Å². The van der Waals surface area contributed by atoms with Crippen molar-refractivity contribution in [3.8, 4) is 0 Å². The zero-order chi connectivity index (χ0) is 45.7. The number of carbonyl (C=O) groups is 2. The van der Waals surface area contributed by atoms with Crippen molar-refractivity contribution in [1.82, 2.24) is 0 Å². The van der Waals surface area contributed by atoms with E-state index in [4.69, 9.17) is 18.9 Å². The third-order valence-corrected chi connectivity index (χ3v) is 17.9. The second kappa shape index (κ2) is 21.4. The summed E-state index contributed by atoms with van der Waals surface area (Å²) < 4.78 is 25.1. The molecule has 4 aliphatic carbocycles. The number of fused-ring (bicyclic) bond motifs is 5. The van der Waals surface area contributed by atoms with E-state index in [0.29, 0.717) is 19.3 Å². The maximum atomic E-state index is 13.8. The Kier molecular flexibility index (Phi) is 17.7. The van der Waals surface area contributed by atoms with Crippen molar-refractivity contribution in [2.75, 3.05) is 6.61 Å². The van der Waals surface area contributed by atoms with Gasteiger partial charge in [-0.3, -0.25) is 9.59 Å². The first kappa shape index (κ1) is 51.4.